The molecule has 0 unspecified atom stereocenters. The van der Waals surface area contributed by atoms with Gasteiger partial charge in [0.15, 0.2) is 0 Å². The highest BCUT2D eigenvalue weighted by Crippen LogP contribution is 2.27. The molecule has 1 aromatic heterocycles. The number of hydrogen-bond acceptors (Lipinski definition) is 7. The second-order valence-electron chi connectivity index (χ2n) is 5.43. The first-order valence-electron chi connectivity index (χ1n) is 8.59. The number of phenols is 1. The Morgan fingerprint density at radius 2 is 1.74 bits per heavy atom. The number of rotatable bonds is 6. The molecule has 0 saturated carbocycles. The largest absolute Gasteiger partial charge is 0.508 e. The van der Waals surface area contributed by atoms with Crippen LogP contribution in [0.4, 0.5) is 5.13 Å². The van der Waals surface area contributed by atoms with Gasteiger partial charge in [0.25, 0.3) is 0 Å². The SMILES string of the molecule is CC.CN(C)Sc1ccc(-c2csc(N/N=C/c3ccc(O)cc3)n2)cc1. The molecule has 0 atom stereocenters. The summed E-state index contributed by atoms with van der Waals surface area (Å²) in [5, 5.41) is 16.2. The van der Waals surface area contributed by atoms with Crippen molar-refractivity contribution in [2.45, 2.75) is 18.7 Å². The zero-order valence-electron chi connectivity index (χ0n) is 15.9. The average molecular weight is 401 g/mol. The molecule has 0 fully saturated rings. The third-order valence-electron chi connectivity index (χ3n) is 3.21. The van der Waals surface area contributed by atoms with E-state index in [1.807, 2.05) is 33.3 Å². The number of hydrogen-bond donors (Lipinski definition) is 2. The summed E-state index contributed by atoms with van der Waals surface area (Å²) in [6.45, 7) is 4.00. The van der Waals surface area contributed by atoms with Crippen LogP contribution in [0.5, 0.6) is 5.75 Å². The first-order chi connectivity index (χ1) is 13.1. The minimum Gasteiger partial charge on any atom is -0.508 e. The highest BCUT2D eigenvalue weighted by atomic mass is 32.2. The number of nitrogens with one attached hydrogen (secondary N) is 1. The molecule has 1 heterocycles. The Kier molecular flexibility index (Phi) is 8.32. The lowest BCUT2D eigenvalue weighted by Gasteiger charge is -2.08. The van der Waals surface area contributed by atoms with E-state index in [2.05, 4.69) is 44.1 Å². The first kappa shape index (κ1) is 21.0. The van der Waals surface area contributed by atoms with Gasteiger partial charge >= 0.3 is 0 Å². The van der Waals surface area contributed by atoms with Crippen molar-refractivity contribution in [2.24, 2.45) is 5.10 Å². The fraction of sp³-hybridized carbons (Fsp3) is 0.200. The predicted molar refractivity (Wildman–Crippen MR) is 118 cm³/mol. The molecule has 7 heteroatoms. The van der Waals surface area contributed by atoms with Gasteiger partial charge in [-0.3, -0.25) is 9.73 Å². The molecule has 2 N–H and O–H groups in total. The lowest BCUT2D eigenvalue weighted by Crippen LogP contribution is -1.98. The molecule has 0 radical (unpaired) electrons. The maximum atomic E-state index is 9.26. The van der Waals surface area contributed by atoms with Crippen molar-refractivity contribution < 1.29 is 5.11 Å². The smallest absolute Gasteiger partial charge is 0.203 e. The molecule has 2 aromatic carbocycles. The monoisotopic (exact) mass is 400 g/mol. The summed E-state index contributed by atoms with van der Waals surface area (Å²) in [4.78, 5) is 5.75. The third kappa shape index (κ3) is 6.71. The number of benzene rings is 2. The Balaban J connectivity index is 0.00000126. The summed E-state index contributed by atoms with van der Waals surface area (Å²) in [7, 11) is 4.05. The van der Waals surface area contributed by atoms with Gasteiger partial charge < -0.3 is 5.11 Å². The van der Waals surface area contributed by atoms with E-state index in [9.17, 15) is 5.11 Å². The highest BCUT2D eigenvalue weighted by molar-refractivity contribution is 7.97. The standard InChI is InChI=1S/C18H18N4OS2.C2H6/c1-22(2)25-16-9-5-14(6-10-16)17-12-24-18(20-17)21-19-11-13-3-7-15(23)8-4-13;1-2/h3-12,23H,1-2H3,(H,20,21);1-2H3/b19-11+;. The van der Waals surface area contributed by atoms with E-state index in [-0.39, 0.29) is 5.75 Å². The molecule has 0 spiro atoms. The first-order valence-corrected chi connectivity index (χ1v) is 10.2. The van der Waals surface area contributed by atoms with Crippen molar-refractivity contribution >= 4 is 34.6 Å². The molecule has 27 heavy (non-hydrogen) atoms. The van der Waals surface area contributed by atoms with E-state index in [0.717, 1.165) is 22.0 Å². The lowest BCUT2D eigenvalue weighted by atomic mass is 10.2. The Hall–Kier alpha value is -2.35. The van der Waals surface area contributed by atoms with Crippen LogP contribution < -0.4 is 5.43 Å². The van der Waals surface area contributed by atoms with Gasteiger partial charge in [-0.05, 0) is 68.0 Å². The zero-order valence-corrected chi connectivity index (χ0v) is 17.5. The number of aromatic nitrogens is 1. The Morgan fingerprint density at radius 3 is 2.37 bits per heavy atom. The van der Waals surface area contributed by atoms with Crippen LogP contribution in [0.1, 0.15) is 19.4 Å². The second kappa shape index (κ2) is 10.7. The quantitative estimate of drug-likeness (QED) is 0.322. The summed E-state index contributed by atoms with van der Waals surface area (Å²) < 4.78 is 2.06. The van der Waals surface area contributed by atoms with Crippen LogP contribution in [0.25, 0.3) is 11.3 Å². The van der Waals surface area contributed by atoms with Gasteiger partial charge in [0, 0.05) is 15.8 Å². The minimum absolute atomic E-state index is 0.240. The van der Waals surface area contributed by atoms with Gasteiger partial charge in [-0.25, -0.2) is 4.98 Å². The lowest BCUT2D eigenvalue weighted by molar-refractivity contribution is 0.475. The van der Waals surface area contributed by atoms with Crippen molar-refractivity contribution in [1.82, 2.24) is 9.29 Å². The number of hydrazone groups is 1. The Bertz CT molecular complexity index is 843. The number of aromatic hydroxyl groups is 1. The van der Waals surface area contributed by atoms with Crippen LogP contribution in [-0.4, -0.2) is 34.7 Å². The molecule has 0 amide bonds. The number of phenolic OH excluding ortho intramolecular Hbond substituents is 1. The summed E-state index contributed by atoms with van der Waals surface area (Å²) in [6.07, 6.45) is 1.69. The van der Waals surface area contributed by atoms with E-state index < -0.39 is 0 Å². The van der Waals surface area contributed by atoms with E-state index in [4.69, 9.17) is 0 Å². The fourth-order valence-electron chi connectivity index (χ4n) is 2.08. The molecule has 0 saturated heterocycles. The van der Waals surface area contributed by atoms with E-state index in [1.54, 1.807) is 42.4 Å². The van der Waals surface area contributed by atoms with Crippen LogP contribution in [0.15, 0.2) is 63.9 Å². The van der Waals surface area contributed by atoms with E-state index in [0.29, 0.717) is 0 Å². The predicted octanol–water partition coefficient (Wildman–Crippen LogP) is 5.56. The topological polar surface area (TPSA) is 60.8 Å². The second-order valence-corrected chi connectivity index (χ2v) is 7.67. The molecule has 0 aliphatic heterocycles. The normalized spacial score (nSPS) is 10.7. The molecule has 0 bridgehead atoms. The molecule has 0 aliphatic rings. The van der Waals surface area contributed by atoms with Gasteiger partial charge in [-0.1, -0.05) is 26.0 Å². The fourth-order valence-corrected chi connectivity index (χ4v) is 3.43. The van der Waals surface area contributed by atoms with Crippen LogP contribution in [0, 0.1) is 0 Å². The van der Waals surface area contributed by atoms with Crippen molar-refractivity contribution in [1.29, 1.82) is 0 Å². The van der Waals surface area contributed by atoms with Crippen LogP contribution in [-0.2, 0) is 0 Å². The Labute approximate surface area is 168 Å². The maximum absolute atomic E-state index is 9.26. The van der Waals surface area contributed by atoms with E-state index in [1.165, 1.54) is 16.2 Å². The number of anilines is 1. The third-order valence-corrected chi connectivity index (χ3v) is 4.80. The number of thiazole rings is 1. The van der Waals surface area contributed by atoms with Crippen molar-refractivity contribution in [3.63, 3.8) is 0 Å². The molecule has 3 rings (SSSR count). The molecule has 0 aliphatic carbocycles. The summed E-state index contributed by atoms with van der Waals surface area (Å²) in [5.41, 5.74) is 5.84. The van der Waals surface area contributed by atoms with Crippen LogP contribution in [0.3, 0.4) is 0 Å². The van der Waals surface area contributed by atoms with E-state index >= 15 is 0 Å². The van der Waals surface area contributed by atoms with Crippen molar-refractivity contribution in [3.05, 3.63) is 59.5 Å². The molecule has 5 nitrogen and oxygen atoms in total. The average Bonchev–Trinajstić information content (AvgIpc) is 3.14. The Morgan fingerprint density at radius 1 is 1.07 bits per heavy atom. The number of nitrogens with zero attached hydrogens (tertiary/aromatic N) is 3. The van der Waals surface area contributed by atoms with Crippen molar-refractivity contribution in [2.75, 3.05) is 19.5 Å². The van der Waals surface area contributed by atoms with Gasteiger partial charge in [-0.2, -0.15) is 5.10 Å². The van der Waals surface area contributed by atoms with Crippen LogP contribution >= 0.6 is 23.3 Å². The molecular formula is C20H24N4OS2. The summed E-state index contributed by atoms with van der Waals surface area (Å²) >= 11 is 3.19. The van der Waals surface area contributed by atoms with Gasteiger partial charge in [-0.15, -0.1) is 11.3 Å². The van der Waals surface area contributed by atoms with Crippen molar-refractivity contribution in [3.8, 4) is 17.0 Å². The highest BCUT2D eigenvalue weighted by Gasteiger charge is 2.05. The molecule has 3 aromatic rings. The summed E-state index contributed by atoms with van der Waals surface area (Å²) in [5.74, 6) is 0.240. The molecular weight excluding hydrogens is 376 g/mol. The zero-order chi connectivity index (χ0) is 19.6. The van der Waals surface area contributed by atoms with Gasteiger partial charge in [0.1, 0.15) is 5.75 Å². The molecule has 142 valence electrons. The maximum Gasteiger partial charge on any atom is 0.203 e. The van der Waals surface area contributed by atoms with Gasteiger partial charge in [0.2, 0.25) is 5.13 Å². The minimum atomic E-state index is 0.240. The summed E-state index contributed by atoms with van der Waals surface area (Å²) in [6, 6.07) is 15.2. The van der Waals surface area contributed by atoms with Gasteiger partial charge in [0.05, 0.1) is 11.9 Å². The van der Waals surface area contributed by atoms with Crippen LogP contribution in [0.2, 0.25) is 0 Å².